The van der Waals surface area contributed by atoms with Crippen LogP contribution in [0.25, 0.3) is 0 Å². The fraction of sp³-hybridized carbons (Fsp3) is 1.00. The van der Waals surface area contributed by atoms with E-state index in [1.807, 2.05) is 0 Å². The molecule has 2 nitrogen and oxygen atoms in total. The van der Waals surface area contributed by atoms with E-state index < -0.39 is 0 Å². The molecule has 1 heterocycles. The first-order chi connectivity index (χ1) is 6.93. The van der Waals surface area contributed by atoms with Crippen molar-refractivity contribution in [2.75, 3.05) is 6.54 Å². The zero-order valence-corrected chi connectivity index (χ0v) is 10.8. The van der Waals surface area contributed by atoms with Gasteiger partial charge in [0.25, 0.3) is 0 Å². The average molecular weight is 213 g/mol. The molecule has 0 saturated carbocycles. The summed E-state index contributed by atoms with van der Waals surface area (Å²) in [6.07, 6.45) is 5.24. The van der Waals surface area contributed by atoms with E-state index >= 15 is 0 Å². The summed E-state index contributed by atoms with van der Waals surface area (Å²) in [5.41, 5.74) is 5.91. The Morgan fingerprint density at radius 1 is 1.40 bits per heavy atom. The van der Waals surface area contributed by atoms with Gasteiger partial charge in [0.05, 0.1) is 11.7 Å². The molecule has 1 aliphatic heterocycles. The lowest BCUT2D eigenvalue weighted by molar-refractivity contribution is -0.0250. The lowest BCUT2D eigenvalue weighted by Gasteiger charge is -2.23. The van der Waals surface area contributed by atoms with Crippen LogP contribution in [0.15, 0.2) is 0 Å². The third-order valence-corrected chi connectivity index (χ3v) is 3.29. The highest BCUT2D eigenvalue weighted by molar-refractivity contribution is 4.82. The van der Waals surface area contributed by atoms with Crippen molar-refractivity contribution in [1.82, 2.24) is 0 Å². The molecule has 0 aromatic heterocycles. The van der Waals surface area contributed by atoms with Crippen molar-refractivity contribution >= 4 is 0 Å². The second-order valence-corrected chi connectivity index (χ2v) is 6.01. The van der Waals surface area contributed by atoms with Gasteiger partial charge >= 0.3 is 0 Å². The molecule has 2 unspecified atom stereocenters. The average Bonchev–Trinajstić information content (AvgIpc) is 2.43. The number of hydrogen-bond acceptors (Lipinski definition) is 2. The number of nitrogens with two attached hydrogens (primary N) is 1. The third kappa shape index (κ3) is 4.52. The lowest BCUT2D eigenvalue weighted by atomic mass is 9.91. The molecule has 0 aromatic rings. The van der Waals surface area contributed by atoms with E-state index in [0.29, 0.717) is 12.0 Å². The minimum absolute atomic E-state index is 0.0989. The standard InChI is InChI=1S/C13H27NO/c1-10(2)7-11(9-14)8-12-5-6-13(3,4)15-12/h10-12H,5-9,14H2,1-4H3. The maximum atomic E-state index is 6.01. The van der Waals surface area contributed by atoms with Gasteiger partial charge in [0, 0.05) is 0 Å². The van der Waals surface area contributed by atoms with Crippen molar-refractivity contribution in [3.8, 4) is 0 Å². The van der Waals surface area contributed by atoms with E-state index in [1.165, 1.54) is 19.3 Å². The van der Waals surface area contributed by atoms with Crippen molar-refractivity contribution in [2.45, 2.75) is 65.1 Å². The van der Waals surface area contributed by atoms with E-state index in [9.17, 15) is 0 Å². The Kier molecular flexibility index (Phi) is 4.60. The highest BCUT2D eigenvalue weighted by atomic mass is 16.5. The van der Waals surface area contributed by atoms with Crippen LogP contribution in [-0.2, 0) is 4.74 Å². The van der Waals surface area contributed by atoms with E-state index in [4.69, 9.17) is 10.5 Å². The Bertz CT molecular complexity index is 189. The molecule has 2 heteroatoms. The highest BCUT2D eigenvalue weighted by Crippen LogP contribution is 2.33. The minimum Gasteiger partial charge on any atom is -0.372 e. The molecule has 1 saturated heterocycles. The van der Waals surface area contributed by atoms with Crippen LogP contribution in [-0.4, -0.2) is 18.2 Å². The second kappa shape index (κ2) is 5.31. The van der Waals surface area contributed by atoms with Gasteiger partial charge in [0.15, 0.2) is 0 Å². The molecule has 15 heavy (non-hydrogen) atoms. The van der Waals surface area contributed by atoms with Crippen LogP contribution in [0.4, 0.5) is 0 Å². The lowest BCUT2D eigenvalue weighted by Crippen LogP contribution is -2.25. The summed E-state index contributed by atoms with van der Waals surface area (Å²) >= 11 is 0. The summed E-state index contributed by atoms with van der Waals surface area (Å²) in [6.45, 7) is 9.71. The Morgan fingerprint density at radius 2 is 2.07 bits per heavy atom. The molecule has 0 amide bonds. The first kappa shape index (κ1) is 13.0. The Balaban J connectivity index is 2.33. The maximum Gasteiger partial charge on any atom is 0.0631 e. The summed E-state index contributed by atoms with van der Waals surface area (Å²) in [5.74, 6) is 1.39. The van der Waals surface area contributed by atoms with Crippen LogP contribution in [0, 0.1) is 11.8 Å². The van der Waals surface area contributed by atoms with Gasteiger partial charge in [-0.2, -0.15) is 0 Å². The molecular weight excluding hydrogens is 186 g/mol. The van der Waals surface area contributed by atoms with Crippen molar-refractivity contribution < 1.29 is 4.74 Å². The Hall–Kier alpha value is -0.0800. The molecular formula is C13H27NO. The van der Waals surface area contributed by atoms with Gasteiger partial charge in [-0.05, 0) is 57.9 Å². The first-order valence-corrected chi connectivity index (χ1v) is 6.31. The predicted octanol–water partition coefficient (Wildman–Crippen LogP) is 2.96. The summed E-state index contributed by atoms with van der Waals surface area (Å²) in [6, 6.07) is 0. The van der Waals surface area contributed by atoms with Crippen molar-refractivity contribution in [2.24, 2.45) is 17.6 Å². The number of rotatable bonds is 5. The van der Waals surface area contributed by atoms with Gasteiger partial charge in [-0.3, -0.25) is 0 Å². The van der Waals surface area contributed by atoms with Crippen LogP contribution in [0.1, 0.15) is 53.4 Å². The number of ether oxygens (including phenoxy) is 1. The van der Waals surface area contributed by atoms with Gasteiger partial charge in [-0.1, -0.05) is 13.8 Å². The van der Waals surface area contributed by atoms with Crippen LogP contribution >= 0.6 is 0 Å². The molecule has 0 aliphatic carbocycles. The number of hydrogen-bond donors (Lipinski definition) is 1. The third-order valence-electron chi connectivity index (χ3n) is 3.29. The predicted molar refractivity (Wildman–Crippen MR) is 64.8 cm³/mol. The summed E-state index contributed by atoms with van der Waals surface area (Å²) in [7, 11) is 0. The minimum atomic E-state index is 0.0989. The zero-order valence-electron chi connectivity index (χ0n) is 10.8. The van der Waals surface area contributed by atoms with E-state index in [-0.39, 0.29) is 5.60 Å². The molecule has 2 N–H and O–H groups in total. The highest BCUT2D eigenvalue weighted by Gasteiger charge is 2.32. The molecule has 0 bridgehead atoms. The van der Waals surface area contributed by atoms with Gasteiger partial charge < -0.3 is 10.5 Å². The van der Waals surface area contributed by atoms with Gasteiger partial charge in [0.1, 0.15) is 0 Å². The second-order valence-electron chi connectivity index (χ2n) is 6.01. The van der Waals surface area contributed by atoms with E-state index in [0.717, 1.165) is 18.9 Å². The molecule has 90 valence electrons. The van der Waals surface area contributed by atoms with Crippen LogP contribution in [0.2, 0.25) is 0 Å². The van der Waals surface area contributed by atoms with Crippen molar-refractivity contribution in [3.63, 3.8) is 0 Å². The van der Waals surface area contributed by atoms with E-state index in [2.05, 4.69) is 27.7 Å². The fourth-order valence-electron chi connectivity index (χ4n) is 2.57. The molecule has 2 atom stereocenters. The summed E-state index contributed by atoms with van der Waals surface area (Å²) in [4.78, 5) is 0. The van der Waals surface area contributed by atoms with E-state index in [1.54, 1.807) is 0 Å². The maximum absolute atomic E-state index is 6.01. The molecule has 1 rings (SSSR count). The van der Waals surface area contributed by atoms with Crippen LogP contribution in [0.3, 0.4) is 0 Å². The van der Waals surface area contributed by atoms with Gasteiger partial charge in [-0.15, -0.1) is 0 Å². The monoisotopic (exact) mass is 213 g/mol. The molecule has 1 fully saturated rings. The Morgan fingerprint density at radius 3 is 2.47 bits per heavy atom. The van der Waals surface area contributed by atoms with Crippen LogP contribution in [0.5, 0.6) is 0 Å². The fourth-order valence-corrected chi connectivity index (χ4v) is 2.57. The van der Waals surface area contributed by atoms with Crippen molar-refractivity contribution in [3.05, 3.63) is 0 Å². The zero-order chi connectivity index (χ0) is 11.5. The summed E-state index contributed by atoms with van der Waals surface area (Å²) in [5, 5.41) is 0. The van der Waals surface area contributed by atoms with Gasteiger partial charge in [-0.25, -0.2) is 0 Å². The van der Waals surface area contributed by atoms with Crippen molar-refractivity contribution in [1.29, 1.82) is 0 Å². The normalized spacial score (nSPS) is 27.2. The Labute approximate surface area is 94.6 Å². The van der Waals surface area contributed by atoms with Crippen LogP contribution < -0.4 is 5.73 Å². The quantitative estimate of drug-likeness (QED) is 0.762. The molecule has 0 spiro atoms. The summed E-state index contributed by atoms with van der Waals surface area (Å²) < 4.78 is 6.01. The molecule has 0 aromatic carbocycles. The topological polar surface area (TPSA) is 35.2 Å². The van der Waals surface area contributed by atoms with Gasteiger partial charge in [0.2, 0.25) is 0 Å². The largest absolute Gasteiger partial charge is 0.372 e. The smallest absolute Gasteiger partial charge is 0.0631 e. The molecule has 1 aliphatic rings. The molecule has 0 radical (unpaired) electrons. The SMILES string of the molecule is CC(C)CC(CN)CC1CCC(C)(C)O1. The first-order valence-electron chi connectivity index (χ1n) is 6.31.